The number of sulfone groups is 1. The first kappa shape index (κ1) is 14.3. The zero-order valence-electron chi connectivity index (χ0n) is 10.9. The minimum Gasteiger partial charge on any atom is -0.481 e. The summed E-state index contributed by atoms with van der Waals surface area (Å²) < 4.78 is 22.6. The molecule has 7 heteroatoms. The second kappa shape index (κ2) is 4.77. The molecule has 0 bridgehead atoms. The van der Waals surface area contributed by atoms with Crippen molar-refractivity contribution in [3.05, 3.63) is 0 Å². The van der Waals surface area contributed by atoms with Crippen LogP contribution in [0.4, 0.5) is 0 Å². The summed E-state index contributed by atoms with van der Waals surface area (Å²) in [7, 11) is -3.05. The van der Waals surface area contributed by atoms with E-state index in [1.807, 2.05) is 0 Å². The van der Waals surface area contributed by atoms with E-state index in [1.165, 1.54) is 6.26 Å². The largest absolute Gasteiger partial charge is 0.481 e. The molecule has 0 heterocycles. The van der Waals surface area contributed by atoms with Crippen LogP contribution in [0.3, 0.4) is 0 Å². The molecular formula is C12H19NO5S. The van der Waals surface area contributed by atoms with Crippen LogP contribution in [0.25, 0.3) is 0 Å². The maximum absolute atomic E-state index is 11.9. The zero-order valence-corrected chi connectivity index (χ0v) is 11.7. The molecule has 0 spiro atoms. The summed E-state index contributed by atoms with van der Waals surface area (Å²) in [5, 5.41) is 11.6. The SMILES string of the molecule is CS(=O)(=O)CC1(CNC(=O)C2CCC2C(=O)O)CC1. The molecule has 1 amide bonds. The predicted octanol–water partition coefficient (Wildman–Crippen LogP) is 0.0382. The third kappa shape index (κ3) is 3.46. The van der Waals surface area contributed by atoms with Crippen molar-refractivity contribution in [2.75, 3.05) is 18.6 Å². The second-order valence-electron chi connectivity index (χ2n) is 5.92. The first-order valence-electron chi connectivity index (χ1n) is 6.41. The van der Waals surface area contributed by atoms with Gasteiger partial charge in [0.2, 0.25) is 5.91 Å². The van der Waals surface area contributed by atoms with Gasteiger partial charge in [0, 0.05) is 18.2 Å². The lowest BCUT2D eigenvalue weighted by Crippen LogP contribution is -2.46. The van der Waals surface area contributed by atoms with Crippen LogP contribution >= 0.6 is 0 Å². The van der Waals surface area contributed by atoms with Crippen molar-refractivity contribution in [2.24, 2.45) is 17.3 Å². The molecular weight excluding hydrogens is 270 g/mol. The monoisotopic (exact) mass is 289 g/mol. The second-order valence-corrected chi connectivity index (χ2v) is 8.06. The van der Waals surface area contributed by atoms with Crippen molar-refractivity contribution in [1.82, 2.24) is 5.32 Å². The van der Waals surface area contributed by atoms with Gasteiger partial charge in [-0.25, -0.2) is 8.42 Å². The van der Waals surface area contributed by atoms with Crippen molar-refractivity contribution >= 4 is 21.7 Å². The molecule has 2 saturated carbocycles. The molecule has 0 aromatic heterocycles. The van der Waals surface area contributed by atoms with Crippen LogP contribution in [-0.4, -0.2) is 44.0 Å². The maximum Gasteiger partial charge on any atom is 0.307 e. The van der Waals surface area contributed by atoms with Gasteiger partial charge in [-0.2, -0.15) is 0 Å². The number of aliphatic carboxylic acids is 1. The average molecular weight is 289 g/mol. The molecule has 2 aliphatic carbocycles. The molecule has 2 rings (SSSR count). The fraction of sp³-hybridized carbons (Fsp3) is 0.833. The van der Waals surface area contributed by atoms with Crippen LogP contribution in [0.15, 0.2) is 0 Å². The van der Waals surface area contributed by atoms with E-state index in [0.29, 0.717) is 19.4 Å². The molecule has 2 N–H and O–H groups in total. The molecule has 0 aromatic rings. The van der Waals surface area contributed by atoms with E-state index in [1.54, 1.807) is 0 Å². The van der Waals surface area contributed by atoms with Crippen LogP contribution in [0, 0.1) is 17.3 Å². The van der Waals surface area contributed by atoms with E-state index in [-0.39, 0.29) is 17.1 Å². The number of hydrogen-bond acceptors (Lipinski definition) is 4. The molecule has 6 nitrogen and oxygen atoms in total. The lowest BCUT2D eigenvalue weighted by molar-refractivity contribution is -0.152. The maximum atomic E-state index is 11.9. The summed E-state index contributed by atoms with van der Waals surface area (Å²) in [6.07, 6.45) is 3.94. The van der Waals surface area contributed by atoms with E-state index >= 15 is 0 Å². The normalized spacial score (nSPS) is 28.3. The number of rotatable bonds is 6. The summed E-state index contributed by atoms with van der Waals surface area (Å²) in [4.78, 5) is 22.7. The highest BCUT2D eigenvalue weighted by Crippen LogP contribution is 2.46. The van der Waals surface area contributed by atoms with Crippen LogP contribution in [0.5, 0.6) is 0 Å². The standard InChI is InChI=1S/C12H19NO5S/c1-19(17,18)7-12(4-5-12)6-13-10(14)8-2-3-9(8)11(15)16/h8-9H,2-7H2,1H3,(H,13,14)(H,15,16). The fourth-order valence-corrected chi connectivity index (χ4v) is 4.12. The highest BCUT2D eigenvalue weighted by Gasteiger charge is 2.47. The topological polar surface area (TPSA) is 101 Å². The van der Waals surface area contributed by atoms with E-state index < -0.39 is 27.6 Å². The zero-order chi connectivity index (χ0) is 14.3. The van der Waals surface area contributed by atoms with Gasteiger partial charge in [-0.1, -0.05) is 0 Å². The van der Waals surface area contributed by atoms with E-state index in [0.717, 1.165) is 12.8 Å². The molecule has 0 aliphatic heterocycles. The Bertz CT molecular complexity index is 494. The average Bonchev–Trinajstić information content (AvgIpc) is 2.90. The number of hydrogen-bond donors (Lipinski definition) is 2. The molecule has 2 atom stereocenters. The fourth-order valence-electron chi connectivity index (χ4n) is 2.62. The van der Waals surface area contributed by atoms with Gasteiger partial charge >= 0.3 is 5.97 Å². The van der Waals surface area contributed by atoms with Crippen molar-refractivity contribution in [2.45, 2.75) is 25.7 Å². The Morgan fingerprint density at radius 3 is 2.21 bits per heavy atom. The molecule has 2 fully saturated rings. The Balaban J connectivity index is 1.83. The van der Waals surface area contributed by atoms with Crippen LogP contribution in [0.2, 0.25) is 0 Å². The molecule has 108 valence electrons. The van der Waals surface area contributed by atoms with Crippen molar-refractivity contribution in [3.63, 3.8) is 0 Å². The first-order chi connectivity index (χ1) is 8.72. The molecule has 0 saturated heterocycles. The number of amides is 1. The van der Waals surface area contributed by atoms with E-state index in [4.69, 9.17) is 5.11 Å². The van der Waals surface area contributed by atoms with Gasteiger partial charge in [-0.15, -0.1) is 0 Å². The minimum atomic E-state index is -3.05. The quantitative estimate of drug-likeness (QED) is 0.719. The van der Waals surface area contributed by atoms with Crippen LogP contribution < -0.4 is 5.32 Å². The minimum absolute atomic E-state index is 0.0906. The number of nitrogens with one attached hydrogen (secondary N) is 1. The Morgan fingerprint density at radius 2 is 1.84 bits per heavy atom. The Labute approximate surface area is 112 Å². The van der Waals surface area contributed by atoms with E-state index in [2.05, 4.69) is 5.32 Å². The van der Waals surface area contributed by atoms with Crippen LogP contribution in [-0.2, 0) is 19.4 Å². The van der Waals surface area contributed by atoms with Gasteiger partial charge in [0.25, 0.3) is 0 Å². The highest BCUT2D eigenvalue weighted by molar-refractivity contribution is 7.90. The molecule has 0 aromatic carbocycles. The predicted molar refractivity (Wildman–Crippen MR) is 68.2 cm³/mol. The lowest BCUT2D eigenvalue weighted by Gasteiger charge is -2.32. The summed E-state index contributed by atoms with van der Waals surface area (Å²) in [6, 6.07) is 0. The number of carbonyl (C=O) groups is 2. The molecule has 2 unspecified atom stereocenters. The van der Waals surface area contributed by atoms with Crippen molar-refractivity contribution < 1.29 is 23.1 Å². The Hall–Kier alpha value is -1.11. The third-order valence-electron chi connectivity index (χ3n) is 4.09. The van der Waals surface area contributed by atoms with Gasteiger partial charge in [0.05, 0.1) is 17.6 Å². The lowest BCUT2D eigenvalue weighted by atomic mass is 9.73. The Kier molecular flexibility index (Phi) is 3.59. The summed E-state index contributed by atoms with van der Waals surface area (Å²) in [5.74, 6) is -2.12. The molecule has 2 aliphatic rings. The van der Waals surface area contributed by atoms with Gasteiger partial charge in [-0.3, -0.25) is 9.59 Å². The summed E-state index contributed by atoms with van der Waals surface area (Å²) in [6.45, 7) is 0.335. The smallest absolute Gasteiger partial charge is 0.307 e. The van der Waals surface area contributed by atoms with Crippen LogP contribution in [0.1, 0.15) is 25.7 Å². The third-order valence-corrected chi connectivity index (χ3v) is 5.23. The highest BCUT2D eigenvalue weighted by atomic mass is 32.2. The van der Waals surface area contributed by atoms with Gasteiger partial charge in [0.15, 0.2) is 0 Å². The van der Waals surface area contributed by atoms with Crippen molar-refractivity contribution in [3.8, 4) is 0 Å². The van der Waals surface area contributed by atoms with Gasteiger partial charge in [-0.05, 0) is 25.7 Å². The van der Waals surface area contributed by atoms with E-state index in [9.17, 15) is 18.0 Å². The number of carboxylic acids is 1. The first-order valence-corrected chi connectivity index (χ1v) is 8.47. The number of carboxylic acid groups (broad SMARTS) is 1. The summed E-state index contributed by atoms with van der Waals surface area (Å²) in [5.41, 5.74) is -0.314. The van der Waals surface area contributed by atoms with Gasteiger partial charge < -0.3 is 10.4 Å². The summed E-state index contributed by atoms with van der Waals surface area (Å²) >= 11 is 0. The Morgan fingerprint density at radius 1 is 1.26 bits per heavy atom. The number of carbonyl (C=O) groups excluding carboxylic acids is 1. The molecule has 0 radical (unpaired) electrons. The molecule has 19 heavy (non-hydrogen) atoms. The van der Waals surface area contributed by atoms with Gasteiger partial charge in [0.1, 0.15) is 9.84 Å². The van der Waals surface area contributed by atoms with Crippen molar-refractivity contribution in [1.29, 1.82) is 0 Å².